The third-order valence-corrected chi connectivity index (χ3v) is 5.12. The molecule has 1 aromatic rings. The maximum atomic E-state index is 4.44. The van der Waals surface area contributed by atoms with Crippen molar-refractivity contribution < 1.29 is 0 Å². The number of pyridine rings is 1. The van der Waals surface area contributed by atoms with Crippen molar-refractivity contribution in [1.82, 2.24) is 20.5 Å². The zero-order valence-corrected chi connectivity index (χ0v) is 19.1. The number of aliphatic imine (C=N–C) groups is 1. The van der Waals surface area contributed by atoms with Gasteiger partial charge in [0.05, 0.1) is 12.2 Å². The van der Waals surface area contributed by atoms with E-state index in [2.05, 4.69) is 52.3 Å². The molecule has 1 aliphatic rings. The number of nitrogens with zero attached hydrogens (tertiary/aromatic N) is 3. The lowest BCUT2D eigenvalue weighted by Crippen LogP contribution is -2.49. The fourth-order valence-electron chi connectivity index (χ4n) is 3.51. The van der Waals surface area contributed by atoms with E-state index in [1.165, 1.54) is 44.3 Å². The summed E-state index contributed by atoms with van der Waals surface area (Å²) in [4.78, 5) is 11.5. The molecule has 148 valence electrons. The van der Waals surface area contributed by atoms with Gasteiger partial charge >= 0.3 is 0 Å². The van der Waals surface area contributed by atoms with Crippen LogP contribution < -0.4 is 10.6 Å². The van der Waals surface area contributed by atoms with Gasteiger partial charge in [-0.2, -0.15) is 0 Å². The first-order valence-corrected chi connectivity index (χ1v) is 9.71. The van der Waals surface area contributed by atoms with Crippen LogP contribution in [0.5, 0.6) is 0 Å². The van der Waals surface area contributed by atoms with Gasteiger partial charge in [-0.15, -0.1) is 24.0 Å². The Morgan fingerprint density at radius 3 is 2.46 bits per heavy atom. The minimum atomic E-state index is 0. The molecule has 0 spiro atoms. The van der Waals surface area contributed by atoms with Crippen molar-refractivity contribution in [3.8, 4) is 0 Å². The predicted octanol–water partition coefficient (Wildman–Crippen LogP) is 3.57. The summed E-state index contributed by atoms with van der Waals surface area (Å²) in [6, 6.07) is 4.61. The molecule has 1 unspecified atom stereocenters. The van der Waals surface area contributed by atoms with Crippen LogP contribution in [0.2, 0.25) is 0 Å². The van der Waals surface area contributed by atoms with E-state index in [-0.39, 0.29) is 24.0 Å². The molecule has 0 saturated carbocycles. The first-order valence-electron chi connectivity index (χ1n) is 9.71. The zero-order valence-electron chi connectivity index (χ0n) is 16.8. The fraction of sp³-hybridized carbons (Fsp3) is 0.700. The molecule has 1 aromatic heterocycles. The maximum absolute atomic E-state index is 4.44. The van der Waals surface area contributed by atoms with E-state index in [9.17, 15) is 0 Å². The molecule has 1 aliphatic heterocycles. The number of likely N-dealkylation sites (tertiary alicyclic amines) is 1. The second-order valence-electron chi connectivity index (χ2n) is 7.34. The molecule has 0 aromatic carbocycles. The van der Waals surface area contributed by atoms with Crippen LogP contribution in [-0.4, -0.2) is 48.6 Å². The summed E-state index contributed by atoms with van der Waals surface area (Å²) >= 11 is 0. The summed E-state index contributed by atoms with van der Waals surface area (Å²) < 4.78 is 0. The molecule has 1 saturated heterocycles. The molecule has 2 rings (SSSR count). The first kappa shape index (κ1) is 23.1. The number of aryl methyl sites for hydroxylation is 1. The third kappa shape index (κ3) is 7.39. The summed E-state index contributed by atoms with van der Waals surface area (Å²) in [6.45, 7) is 10.8. The summed E-state index contributed by atoms with van der Waals surface area (Å²) in [5.41, 5.74) is 2.27. The van der Waals surface area contributed by atoms with Crippen LogP contribution in [0.25, 0.3) is 0 Å². The number of aromatic nitrogens is 1. The van der Waals surface area contributed by atoms with Gasteiger partial charge in [0.15, 0.2) is 5.96 Å². The van der Waals surface area contributed by atoms with Crippen LogP contribution in [-0.2, 0) is 6.54 Å². The second-order valence-corrected chi connectivity index (χ2v) is 7.34. The van der Waals surface area contributed by atoms with Gasteiger partial charge in [-0.3, -0.25) is 14.9 Å². The number of halogens is 1. The number of hydrogen-bond acceptors (Lipinski definition) is 3. The zero-order chi connectivity index (χ0) is 18.1. The normalized spacial score (nSPS) is 17.3. The Kier molecular flexibility index (Phi) is 11.1. The van der Waals surface area contributed by atoms with Gasteiger partial charge in [0.25, 0.3) is 0 Å². The Morgan fingerprint density at radius 2 is 1.88 bits per heavy atom. The summed E-state index contributed by atoms with van der Waals surface area (Å²) in [5.74, 6) is 1.48. The summed E-state index contributed by atoms with van der Waals surface area (Å²) in [7, 11) is 1.83. The van der Waals surface area contributed by atoms with Crippen molar-refractivity contribution in [2.75, 3.05) is 26.7 Å². The largest absolute Gasteiger partial charge is 0.355 e. The van der Waals surface area contributed by atoms with Gasteiger partial charge < -0.3 is 10.6 Å². The molecule has 2 N–H and O–H groups in total. The Morgan fingerprint density at radius 1 is 1.19 bits per heavy atom. The van der Waals surface area contributed by atoms with Crippen molar-refractivity contribution in [2.24, 2.45) is 10.9 Å². The van der Waals surface area contributed by atoms with E-state index in [1.54, 1.807) is 0 Å². The van der Waals surface area contributed by atoms with Crippen molar-refractivity contribution >= 4 is 29.9 Å². The molecule has 26 heavy (non-hydrogen) atoms. The Labute approximate surface area is 176 Å². The maximum Gasteiger partial charge on any atom is 0.191 e. The number of nitrogens with one attached hydrogen (secondary N) is 2. The highest BCUT2D eigenvalue weighted by molar-refractivity contribution is 14.0. The van der Waals surface area contributed by atoms with Crippen LogP contribution in [0.3, 0.4) is 0 Å². The lowest BCUT2D eigenvalue weighted by molar-refractivity contribution is 0.161. The van der Waals surface area contributed by atoms with Crippen LogP contribution >= 0.6 is 24.0 Å². The van der Waals surface area contributed by atoms with E-state index in [0.717, 1.165) is 18.2 Å². The average molecular weight is 473 g/mol. The van der Waals surface area contributed by atoms with Crippen molar-refractivity contribution in [1.29, 1.82) is 0 Å². The molecule has 0 bridgehead atoms. The van der Waals surface area contributed by atoms with E-state index in [1.807, 2.05) is 19.3 Å². The van der Waals surface area contributed by atoms with Crippen LogP contribution in [0.15, 0.2) is 23.3 Å². The van der Waals surface area contributed by atoms with Gasteiger partial charge in [-0.1, -0.05) is 32.8 Å². The van der Waals surface area contributed by atoms with Gasteiger partial charge in [-0.25, -0.2) is 0 Å². The average Bonchev–Trinajstić information content (AvgIpc) is 2.88. The van der Waals surface area contributed by atoms with Gasteiger partial charge in [-0.05, 0) is 50.4 Å². The van der Waals surface area contributed by atoms with E-state index in [4.69, 9.17) is 0 Å². The fourth-order valence-corrected chi connectivity index (χ4v) is 3.51. The number of guanidine groups is 1. The lowest BCUT2D eigenvalue weighted by Gasteiger charge is -2.34. The van der Waals surface area contributed by atoms with Crippen LogP contribution in [0, 0.1) is 12.8 Å². The molecule has 6 heteroatoms. The summed E-state index contributed by atoms with van der Waals surface area (Å²) in [6.07, 6.45) is 7.25. The van der Waals surface area contributed by atoms with Gasteiger partial charge in [0.2, 0.25) is 0 Å². The number of rotatable bonds is 6. The van der Waals surface area contributed by atoms with Crippen LogP contribution in [0.1, 0.15) is 50.8 Å². The Hall–Kier alpha value is -0.890. The molecular weight excluding hydrogens is 437 g/mol. The van der Waals surface area contributed by atoms with E-state index in [0.29, 0.717) is 18.5 Å². The molecule has 0 radical (unpaired) electrons. The standard InChI is InChI=1S/C20H35N5.HI/c1-16(2)19(25-12-7-5-6-8-13-25)15-24-20(21-4)23-14-18-17(3)10-9-11-22-18;/h9-11,16,19H,5-8,12-15H2,1-4H3,(H2,21,23,24);1H. The minimum Gasteiger partial charge on any atom is -0.355 e. The van der Waals surface area contributed by atoms with Crippen LogP contribution in [0.4, 0.5) is 0 Å². The highest BCUT2D eigenvalue weighted by Gasteiger charge is 2.22. The Bertz CT molecular complexity index is 539. The number of hydrogen-bond donors (Lipinski definition) is 2. The molecular formula is C20H36IN5. The highest BCUT2D eigenvalue weighted by Crippen LogP contribution is 2.17. The third-order valence-electron chi connectivity index (χ3n) is 5.12. The topological polar surface area (TPSA) is 52.6 Å². The minimum absolute atomic E-state index is 0. The first-order chi connectivity index (χ1) is 12.1. The Balaban J connectivity index is 0.00000338. The molecule has 0 aliphatic carbocycles. The highest BCUT2D eigenvalue weighted by atomic mass is 127. The quantitative estimate of drug-likeness (QED) is 0.377. The van der Waals surface area contributed by atoms with Crippen molar-refractivity contribution in [3.05, 3.63) is 29.6 Å². The molecule has 2 heterocycles. The molecule has 1 fully saturated rings. The van der Waals surface area contributed by atoms with E-state index < -0.39 is 0 Å². The van der Waals surface area contributed by atoms with Crippen molar-refractivity contribution in [3.63, 3.8) is 0 Å². The smallest absolute Gasteiger partial charge is 0.191 e. The summed E-state index contributed by atoms with van der Waals surface area (Å²) in [5, 5.41) is 6.92. The van der Waals surface area contributed by atoms with E-state index >= 15 is 0 Å². The van der Waals surface area contributed by atoms with Gasteiger partial charge in [0, 0.05) is 25.8 Å². The SMILES string of the molecule is CN=C(NCc1ncccc1C)NCC(C(C)C)N1CCCCCC1.I. The molecule has 0 amide bonds. The molecule has 1 atom stereocenters. The second kappa shape index (κ2) is 12.5. The van der Waals surface area contributed by atoms with Gasteiger partial charge in [0.1, 0.15) is 0 Å². The predicted molar refractivity (Wildman–Crippen MR) is 121 cm³/mol. The van der Waals surface area contributed by atoms with Crippen molar-refractivity contribution in [2.45, 2.75) is 59.0 Å². The lowest BCUT2D eigenvalue weighted by atomic mass is 10.0. The molecule has 5 nitrogen and oxygen atoms in total. The monoisotopic (exact) mass is 473 g/mol.